The van der Waals surface area contributed by atoms with Gasteiger partial charge in [0.25, 0.3) is 0 Å². The van der Waals surface area contributed by atoms with E-state index in [4.69, 9.17) is 11.6 Å². The van der Waals surface area contributed by atoms with Crippen LogP contribution in [0.5, 0.6) is 0 Å². The third-order valence-corrected chi connectivity index (χ3v) is 6.48. The molecule has 146 valence electrons. The predicted molar refractivity (Wildman–Crippen MR) is 119 cm³/mol. The Bertz CT molecular complexity index is 951. The Balaban J connectivity index is 1.72. The van der Waals surface area contributed by atoms with Crippen molar-refractivity contribution in [3.63, 3.8) is 0 Å². The van der Waals surface area contributed by atoms with Crippen molar-refractivity contribution in [3.05, 3.63) is 57.5 Å². The molecule has 28 heavy (non-hydrogen) atoms. The highest BCUT2D eigenvalue weighted by molar-refractivity contribution is 9.10. The zero-order valence-electron chi connectivity index (χ0n) is 15.4. The lowest BCUT2D eigenvalue weighted by Crippen LogP contribution is -2.33. The van der Waals surface area contributed by atoms with E-state index in [9.17, 15) is 9.59 Å². The van der Waals surface area contributed by atoms with E-state index in [0.717, 1.165) is 15.7 Å². The van der Waals surface area contributed by atoms with Crippen LogP contribution in [0.3, 0.4) is 0 Å². The summed E-state index contributed by atoms with van der Waals surface area (Å²) in [7, 11) is 0. The molecular weight excluding hydrogens is 462 g/mol. The van der Waals surface area contributed by atoms with Crippen molar-refractivity contribution in [2.24, 2.45) is 4.99 Å². The molecule has 0 bridgehead atoms. The Morgan fingerprint density at radius 2 is 2.07 bits per heavy atom. The summed E-state index contributed by atoms with van der Waals surface area (Å²) in [6.07, 6.45) is 0.0699. The number of benzene rings is 2. The molecule has 1 aliphatic rings. The van der Waals surface area contributed by atoms with Gasteiger partial charge in [-0.2, -0.15) is 0 Å². The van der Waals surface area contributed by atoms with Gasteiger partial charge in [-0.1, -0.05) is 41.6 Å². The molecule has 2 aromatic carbocycles. The molecule has 3 rings (SSSR count). The van der Waals surface area contributed by atoms with E-state index >= 15 is 0 Å². The topological polar surface area (TPSA) is 61.8 Å². The molecule has 1 atom stereocenters. The third-order valence-electron chi connectivity index (χ3n) is 4.23. The normalized spacial score (nSPS) is 18.0. The van der Waals surface area contributed by atoms with Crippen molar-refractivity contribution in [3.8, 4) is 0 Å². The molecule has 1 heterocycles. The molecule has 0 saturated carbocycles. The number of amides is 2. The molecule has 0 unspecified atom stereocenters. The lowest BCUT2D eigenvalue weighted by Gasteiger charge is -2.13. The first-order valence-electron chi connectivity index (χ1n) is 8.76. The second kappa shape index (κ2) is 9.11. The van der Waals surface area contributed by atoms with Crippen LogP contribution in [0.4, 0.5) is 11.4 Å². The van der Waals surface area contributed by atoms with Gasteiger partial charge in [0, 0.05) is 28.1 Å². The van der Waals surface area contributed by atoms with Crippen molar-refractivity contribution in [2.45, 2.75) is 25.5 Å². The highest BCUT2D eigenvalue weighted by Crippen LogP contribution is 2.33. The van der Waals surface area contributed by atoms with Gasteiger partial charge in [0.05, 0.1) is 5.69 Å². The number of nitrogens with one attached hydrogen (secondary N) is 1. The Hall–Kier alpha value is -1.83. The number of amidine groups is 1. The van der Waals surface area contributed by atoms with Crippen molar-refractivity contribution < 1.29 is 9.59 Å². The van der Waals surface area contributed by atoms with E-state index in [1.807, 2.05) is 44.2 Å². The third kappa shape index (κ3) is 4.77. The molecule has 1 saturated heterocycles. The minimum absolute atomic E-state index is 0.0699. The van der Waals surface area contributed by atoms with Gasteiger partial charge >= 0.3 is 0 Å². The van der Waals surface area contributed by atoms with Gasteiger partial charge in [-0.25, -0.2) is 4.99 Å². The summed E-state index contributed by atoms with van der Waals surface area (Å²) in [5.74, 6) is -0.334. The summed E-state index contributed by atoms with van der Waals surface area (Å²) in [5.41, 5.74) is 2.30. The van der Waals surface area contributed by atoms with Crippen LogP contribution in [0, 0.1) is 6.92 Å². The summed E-state index contributed by atoms with van der Waals surface area (Å²) in [4.78, 5) is 31.4. The summed E-state index contributed by atoms with van der Waals surface area (Å²) in [6.45, 7) is 4.29. The summed E-state index contributed by atoms with van der Waals surface area (Å²) >= 11 is 10.9. The number of thioether (sulfide) groups is 1. The van der Waals surface area contributed by atoms with E-state index in [2.05, 4.69) is 26.2 Å². The highest BCUT2D eigenvalue weighted by atomic mass is 79.9. The fraction of sp³-hybridized carbons (Fsp3) is 0.250. The van der Waals surface area contributed by atoms with E-state index in [0.29, 0.717) is 22.4 Å². The van der Waals surface area contributed by atoms with Gasteiger partial charge in [-0.3, -0.25) is 14.5 Å². The van der Waals surface area contributed by atoms with E-state index in [1.54, 1.807) is 17.0 Å². The molecular formula is C20H19BrClN3O2S. The lowest BCUT2D eigenvalue weighted by molar-refractivity contribution is -0.128. The monoisotopic (exact) mass is 479 g/mol. The SMILES string of the molecule is CCN1C(=O)[C@H](CC(=O)Nc2ccc(C)c(Cl)c2)SC1=Nc1ccccc1Br. The maximum absolute atomic E-state index is 12.7. The van der Waals surface area contributed by atoms with Crippen LogP contribution in [0.15, 0.2) is 51.9 Å². The van der Waals surface area contributed by atoms with Gasteiger partial charge < -0.3 is 5.32 Å². The highest BCUT2D eigenvalue weighted by Gasteiger charge is 2.38. The minimum atomic E-state index is -0.498. The molecule has 2 amide bonds. The molecule has 5 nitrogen and oxygen atoms in total. The molecule has 2 aromatic rings. The second-order valence-electron chi connectivity index (χ2n) is 6.25. The van der Waals surface area contributed by atoms with Gasteiger partial charge in [-0.15, -0.1) is 0 Å². The zero-order valence-corrected chi connectivity index (χ0v) is 18.6. The van der Waals surface area contributed by atoms with Crippen LogP contribution >= 0.6 is 39.3 Å². The fourth-order valence-corrected chi connectivity index (χ4v) is 4.48. The standard InChI is InChI=1S/C20H19BrClN3O2S/c1-3-25-19(27)17(28-20(25)24-16-7-5-4-6-14(16)21)11-18(26)23-13-9-8-12(2)15(22)10-13/h4-10,17H,3,11H2,1-2H3,(H,23,26)/t17-/m0/s1. The fourth-order valence-electron chi connectivity index (χ4n) is 2.71. The van der Waals surface area contributed by atoms with Crippen LogP contribution in [0.25, 0.3) is 0 Å². The van der Waals surface area contributed by atoms with Crippen molar-refractivity contribution in [1.29, 1.82) is 0 Å². The number of nitrogens with zero attached hydrogens (tertiary/aromatic N) is 2. The Kier molecular flexibility index (Phi) is 6.80. The first-order valence-corrected chi connectivity index (χ1v) is 10.8. The Labute approximate surface area is 181 Å². The lowest BCUT2D eigenvalue weighted by atomic mass is 10.2. The number of hydrogen-bond acceptors (Lipinski definition) is 4. The smallest absolute Gasteiger partial charge is 0.242 e. The number of carbonyl (C=O) groups is 2. The van der Waals surface area contributed by atoms with Gasteiger partial charge in [0.1, 0.15) is 5.25 Å². The van der Waals surface area contributed by atoms with E-state index in [1.165, 1.54) is 11.8 Å². The van der Waals surface area contributed by atoms with Crippen LogP contribution in [0.1, 0.15) is 18.9 Å². The number of anilines is 1. The Morgan fingerprint density at radius 3 is 2.75 bits per heavy atom. The number of aryl methyl sites for hydroxylation is 1. The molecule has 0 spiro atoms. The molecule has 1 N–H and O–H groups in total. The number of rotatable bonds is 5. The minimum Gasteiger partial charge on any atom is -0.326 e. The average Bonchev–Trinajstić information content (AvgIpc) is 2.94. The summed E-state index contributed by atoms with van der Waals surface area (Å²) in [6, 6.07) is 12.9. The number of hydrogen-bond donors (Lipinski definition) is 1. The van der Waals surface area contributed by atoms with Crippen molar-refractivity contribution in [2.75, 3.05) is 11.9 Å². The number of halogens is 2. The predicted octanol–water partition coefficient (Wildman–Crippen LogP) is 5.39. The number of carbonyl (C=O) groups excluding carboxylic acids is 2. The molecule has 8 heteroatoms. The quantitative estimate of drug-likeness (QED) is 0.624. The van der Waals surface area contributed by atoms with Crippen LogP contribution < -0.4 is 5.32 Å². The first-order chi connectivity index (χ1) is 13.4. The van der Waals surface area contributed by atoms with Gasteiger partial charge in [0.15, 0.2) is 5.17 Å². The average molecular weight is 481 g/mol. The summed E-state index contributed by atoms with van der Waals surface area (Å²) in [5, 5.41) is 3.51. The molecule has 0 aromatic heterocycles. The van der Waals surface area contributed by atoms with Crippen molar-refractivity contribution >= 4 is 67.6 Å². The van der Waals surface area contributed by atoms with Crippen LogP contribution in [0.2, 0.25) is 5.02 Å². The maximum Gasteiger partial charge on any atom is 0.242 e. The van der Waals surface area contributed by atoms with Gasteiger partial charge in [0.2, 0.25) is 11.8 Å². The second-order valence-corrected chi connectivity index (χ2v) is 8.68. The molecule has 0 aliphatic carbocycles. The first kappa shape index (κ1) is 20.9. The van der Waals surface area contributed by atoms with Crippen molar-refractivity contribution in [1.82, 2.24) is 4.90 Å². The maximum atomic E-state index is 12.7. The molecule has 0 radical (unpaired) electrons. The summed E-state index contributed by atoms with van der Waals surface area (Å²) < 4.78 is 0.851. The van der Waals surface area contributed by atoms with Crippen LogP contribution in [-0.4, -0.2) is 33.7 Å². The number of aliphatic imine (C=N–C) groups is 1. The largest absolute Gasteiger partial charge is 0.326 e. The number of para-hydroxylation sites is 1. The van der Waals surface area contributed by atoms with E-state index < -0.39 is 5.25 Å². The van der Waals surface area contributed by atoms with Gasteiger partial charge in [-0.05, 0) is 59.6 Å². The zero-order chi connectivity index (χ0) is 20.3. The Morgan fingerprint density at radius 1 is 1.32 bits per heavy atom. The van der Waals surface area contributed by atoms with E-state index in [-0.39, 0.29) is 18.2 Å². The molecule has 1 fully saturated rings. The van der Waals surface area contributed by atoms with Crippen LogP contribution in [-0.2, 0) is 9.59 Å². The molecule has 1 aliphatic heterocycles.